The van der Waals surface area contributed by atoms with Crippen LogP contribution in [0.15, 0.2) is 24.3 Å². The molecule has 1 aromatic rings. The van der Waals surface area contributed by atoms with E-state index in [4.69, 9.17) is 16.3 Å². The number of esters is 1. The molecule has 0 heterocycles. The lowest BCUT2D eigenvalue weighted by Gasteiger charge is -2.08. The largest absolute Gasteiger partial charge is 0.465 e. The molecule has 4 heteroatoms. The number of carbonyl (C=O) groups is 1. The number of rotatable bonds is 7. The summed E-state index contributed by atoms with van der Waals surface area (Å²) in [4.78, 5) is 11.2. The van der Waals surface area contributed by atoms with Gasteiger partial charge in [0.1, 0.15) is 0 Å². The summed E-state index contributed by atoms with van der Waals surface area (Å²) < 4.78 is 5.07. The lowest BCUT2D eigenvalue weighted by molar-refractivity contribution is -0.147. The van der Waals surface area contributed by atoms with Gasteiger partial charge in [-0.1, -0.05) is 43.6 Å². The summed E-state index contributed by atoms with van der Waals surface area (Å²) in [5, 5.41) is 4.04. The van der Waals surface area contributed by atoms with Gasteiger partial charge in [0.25, 0.3) is 0 Å². The third-order valence-electron chi connectivity index (χ3n) is 2.49. The summed E-state index contributed by atoms with van der Waals surface area (Å²) in [7, 11) is 0. The molecule has 0 fully saturated rings. The molecule has 0 aliphatic carbocycles. The second kappa shape index (κ2) is 8.11. The maximum Gasteiger partial charge on any atom is 0.308 e. The van der Waals surface area contributed by atoms with Crippen LogP contribution in [-0.2, 0) is 16.1 Å². The smallest absolute Gasteiger partial charge is 0.308 e. The van der Waals surface area contributed by atoms with Crippen molar-refractivity contribution in [2.24, 2.45) is 5.92 Å². The molecule has 0 saturated heterocycles. The summed E-state index contributed by atoms with van der Waals surface area (Å²) in [6.45, 7) is 5.66. The fourth-order valence-corrected chi connectivity index (χ4v) is 1.60. The standard InChI is InChI=1S/C14H20ClNO2/c1-11(2)14(17)18-9-5-8-16-10-12-6-3-4-7-13(12)15/h3-4,6-7,11,16H,5,8-10H2,1-2H3. The average Bonchev–Trinajstić information content (AvgIpc) is 2.35. The number of benzene rings is 1. The Hall–Kier alpha value is -1.06. The highest BCUT2D eigenvalue weighted by atomic mass is 35.5. The van der Waals surface area contributed by atoms with E-state index in [-0.39, 0.29) is 11.9 Å². The zero-order valence-electron chi connectivity index (χ0n) is 10.9. The molecule has 0 radical (unpaired) electrons. The lowest BCUT2D eigenvalue weighted by atomic mass is 10.2. The first-order valence-corrected chi connectivity index (χ1v) is 6.60. The van der Waals surface area contributed by atoms with Crippen LogP contribution in [0, 0.1) is 5.92 Å². The van der Waals surface area contributed by atoms with E-state index < -0.39 is 0 Å². The molecule has 1 aromatic carbocycles. The van der Waals surface area contributed by atoms with Gasteiger partial charge in [-0.3, -0.25) is 4.79 Å². The topological polar surface area (TPSA) is 38.3 Å². The van der Waals surface area contributed by atoms with Gasteiger partial charge in [0.05, 0.1) is 12.5 Å². The Kier molecular flexibility index (Phi) is 6.76. The zero-order valence-corrected chi connectivity index (χ0v) is 11.7. The Morgan fingerprint density at radius 3 is 2.78 bits per heavy atom. The van der Waals surface area contributed by atoms with Crippen LogP contribution in [0.2, 0.25) is 5.02 Å². The van der Waals surface area contributed by atoms with Crippen LogP contribution in [0.4, 0.5) is 0 Å². The molecule has 0 saturated carbocycles. The molecule has 18 heavy (non-hydrogen) atoms. The van der Waals surface area contributed by atoms with Gasteiger partial charge in [-0.15, -0.1) is 0 Å². The van der Waals surface area contributed by atoms with Crippen LogP contribution in [0.1, 0.15) is 25.8 Å². The maximum atomic E-state index is 11.2. The monoisotopic (exact) mass is 269 g/mol. The molecule has 0 atom stereocenters. The quantitative estimate of drug-likeness (QED) is 0.611. The molecule has 3 nitrogen and oxygen atoms in total. The molecule has 0 aliphatic heterocycles. The molecule has 100 valence electrons. The summed E-state index contributed by atoms with van der Waals surface area (Å²) in [6.07, 6.45) is 0.808. The minimum Gasteiger partial charge on any atom is -0.465 e. The molecule has 0 spiro atoms. The minimum atomic E-state index is -0.138. The van der Waals surface area contributed by atoms with E-state index in [1.807, 2.05) is 38.1 Å². The zero-order chi connectivity index (χ0) is 13.4. The van der Waals surface area contributed by atoms with Crippen molar-refractivity contribution in [2.45, 2.75) is 26.8 Å². The first-order chi connectivity index (χ1) is 8.61. The van der Waals surface area contributed by atoms with Gasteiger partial charge < -0.3 is 10.1 Å². The Morgan fingerprint density at radius 1 is 1.39 bits per heavy atom. The van der Waals surface area contributed by atoms with E-state index in [9.17, 15) is 4.79 Å². The van der Waals surface area contributed by atoms with Gasteiger partial charge in [-0.25, -0.2) is 0 Å². The molecule has 0 unspecified atom stereocenters. The van der Waals surface area contributed by atoms with Crippen LogP contribution in [0.25, 0.3) is 0 Å². The van der Waals surface area contributed by atoms with Crippen molar-refractivity contribution in [1.82, 2.24) is 5.32 Å². The summed E-state index contributed by atoms with van der Waals surface area (Å²) in [5.41, 5.74) is 1.08. The third kappa shape index (κ3) is 5.52. The molecule has 0 amide bonds. The van der Waals surface area contributed by atoms with E-state index in [0.29, 0.717) is 6.61 Å². The molecule has 1 N–H and O–H groups in total. The number of carbonyl (C=O) groups excluding carboxylic acids is 1. The molecule has 0 bridgehead atoms. The van der Waals surface area contributed by atoms with Crippen molar-refractivity contribution in [3.63, 3.8) is 0 Å². The SMILES string of the molecule is CC(C)C(=O)OCCCNCc1ccccc1Cl. The first-order valence-electron chi connectivity index (χ1n) is 6.22. The summed E-state index contributed by atoms with van der Waals surface area (Å²) >= 11 is 6.03. The Balaban J connectivity index is 2.09. The predicted octanol–water partition coefficient (Wildman–Crippen LogP) is 3.02. The van der Waals surface area contributed by atoms with Gasteiger partial charge in [-0.2, -0.15) is 0 Å². The lowest BCUT2D eigenvalue weighted by Crippen LogP contribution is -2.19. The molecular weight excluding hydrogens is 250 g/mol. The molecule has 1 rings (SSSR count). The van der Waals surface area contributed by atoms with E-state index in [2.05, 4.69) is 5.32 Å². The van der Waals surface area contributed by atoms with Gasteiger partial charge in [0, 0.05) is 11.6 Å². The number of ether oxygens (including phenoxy) is 1. The van der Waals surface area contributed by atoms with Gasteiger partial charge in [0.15, 0.2) is 0 Å². The average molecular weight is 270 g/mol. The van der Waals surface area contributed by atoms with Gasteiger partial charge in [0.2, 0.25) is 0 Å². The maximum absolute atomic E-state index is 11.2. The summed E-state index contributed by atoms with van der Waals surface area (Å²) in [5.74, 6) is -0.192. The van der Waals surface area contributed by atoms with Crippen LogP contribution in [0.3, 0.4) is 0 Å². The first kappa shape index (κ1) is 15.0. The highest BCUT2D eigenvalue weighted by Gasteiger charge is 2.06. The fourth-order valence-electron chi connectivity index (χ4n) is 1.40. The highest BCUT2D eigenvalue weighted by Crippen LogP contribution is 2.14. The van der Waals surface area contributed by atoms with Crippen molar-refractivity contribution >= 4 is 17.6 Å². The normalized spacial score (nSPS) is 10.7. The number of nitrogens with one attached hydrogen (secondary N) is 1. The molecule has 0 aliphatic rings. The Morgan fingerprint density at radius 2 is 2.11 bits per heavy atom. The number of hydrogen-bond acceptors (Lipinski definition) is 3. The van der Waals surface area contributed by atoms with Crippen molar-refractivity contribution in [1.29, 1.82) is 0 Å². The van der Waals surface area contributed by atoms with Crippen LogP contribution < -0.4 is 5.32 Å². The van der Waals surface area contributed by atoms with Crippen LogP contribution in [-0.4, -0.2) is 19.1 Å². The Labute approximate surface area is 113 Å². The van der Waals surface area contributed by atoms with Crippen LogP contribution >= 0.6 is 11.6 Å². The van der Waals surface area contributed by atoms with E-state index in [1.54, 1.807) is 0 Å². The van der Waals surface area contributed by atoms with Gasteiger partial charge in [-0.05, 0) is 24.6 Å². The van der Waals surface area contributed by atoms with Crippen molar-refractivity contribution < 1.29 is 9.53 Å². The van der Waals surface area contributed by atoms with Crippen molar-refractivity contribution in [3.8, 4) is 0 Å². The minimum absolute atomic E-state index is 0.0546. The number of halogens is 1. The molecule has 0 aromatic heterocycles. The molecular formula is C14H20ClNO2. The van der Waals surface area contributed by atoms with Crippen molar-refractivity contribution in [3.05, 3.63) is 34.9 Å². The second-order valence-corrected chi connectivity index (χ2v) is 4.85. The van der Waals surface area contributed by atoms with Gasteiger partial charge >= 0.3 is 5.97 Å². The van der Waals surface area contributed by atoms with E-state index >= 15 is 0 Å². The second-order valence-electron chi connectivity index (χ2n) is 4.44. The van der Waals surface area contributed by atoms with E-state index in [1.165, 1.54) is 0 Å². The fraction of sp³-hybridized carbons (Fsp3) is 0.500. The number of hydrogen-bond donors (Lipinski definition) is 1. The van der Waals surface area contributed by atoms with Crippen LogP contribution in [0.5, 0.6) is 0 Å². The predicted molar refractivity (Wildman–Crippen MR) is 73.6 cm³/mol. The van der Waals surface area contributed by atoms with E-state index in [0.717, 1.165) is 30.1 Å². The summed E-state index contributed by atoms with van der Waals surface area (Å²) in [6, 6.07) is 7.75. The highest BCUT2D eigenvalue weighted by molar-refractivity contribution is 6.31. The third-order valence-corrected chi connectivity index (χ3v) is 2.86. The Bertz CT molecular complexity index is 380. The van der Waals surface area contributed by atoms with Crippen molar-refractivity contribution in [2.75, 3.05) is 13.2 Å².